The molecular weight excluding hydrogens is 769 g/mol. The zero-order valence-electron chi connectivity index (χ0n) is 41.4. The van der Waals surface area contributed by atoms with E-state index >= 15 is 0 Å². The lowest BCUT2D eigenvalue weighted by Gasteiger charge is -2.18. The molecule has 0 aromatic heterocycles. The van der Waals surface area contributed by atoms with Crippen LogP contribution < -0.4 is 0 Å². The first-order valence-electron chi connectivity index (χ1n) is 27.0. The van der Waals surface area contributed by atoms with Gasteiger partial charge in [-0.2, -0.15) is 0 Å². The molecule has 0 N–H and O–H groups in total. The first-order valence-corrected chi connectivity index (χ1v) is 27.0. The van der Waals surface area contributed by atoms with Gasteiger partial charge in [0.2, 0.25) is 0 Å². The van der Waals surface area contributed by atoms with Crippen molar-refractivity contribution in [3.8, 4) is 0 Å². The van der Waals surface area contributed by atoms with Crippen LogP contribution in [0.5, 0.6) is 0 Å². The molecule has 0 aliphatic rings. The number of unbranched alkanes of at least 4 members (excludes halogenated alkanes) is 32. The molecule has 0 fully saturated rings. The van der Waals surface area contributed by atoms with Gasteiger partial charge in [-0.05, 0) is 51.4 Å². The molecule has 0 aliphatic carbocycles. The molecule has 0 rings (SSSR count). The molecule has 0 saturated heterocycles. The van der Waals surface area contributed by atoms with Crippen molar-refractivity contribution >= 4 is 17.9 Å². The van der Waals surface area contributed by atoms with Gasteiger partial charge in [0.15, 0.2) is 6.10 Å². The number of carbonyl (C=O) groups excluding carboxylic acids is 3. The largest absolute Gasteiger partial charge is 0.462 e. The molecule has 0 unspecified atom stereocenters. The summed E-state index contributed by atoms with van der Waals surface area (Å²) in [6.07, 6.45) is 59.8. The van der Waals surface area contributed by atoms with E-state index in [9.17, 15) is 14.4 Å². The van der Waals surface area contributed by atoms with E-state index in [2.05, 4.69) is 57.2 Å². The molecule has 0 aromatic rings. The van der Waals surface area contributed by atoms with Crippen LogP contribution in [0.1, 0.15) is 284 Å². The monoisotopic (exact) mass is 871 g/mol. The van der Waals surface area contributed by atoms with Crippen LogP contribution in [0.4, 0.5) is 0 Å². The lowest BCUT2D eigenvalue weighted by atomic mass is 10.0. The number of allylic oxidation sites excluding steroid dienone is 6. The van der Waals surface area contributed by atoms with E-state index in [-0.39, 0.29) is 31.1 Å². The van der Waals surface area contributed by atoms with Crippen LogP contribution in [0.3, 0.4) is 0 Å². The predicted octanol–water partition coefficient (Wildman–Crippen LogP) is 17.7. The lowest BCUT2D eigenvalue weighted by Crippen LogP contribution is -2.30. The molecule has 0 spiro atoms. The Morgan fingerprint density at radius 2 is 0.629 bits per heavy atom. The Morgan fingerprint density at radius 3 is 0.984 bits per heavy atom. The van der Waals surface area contributed by atoms with Gasteiger partial charge in [-0.15, -0.1) is 0 Å². The molecule has 62 heavy (non-hydrogen) atoms. The average molecular weight is 871 g/mol. The van der Waals surface area contributed by atoms with Gasteiger partial charge in [-0.25, -0.2) is 0 Å². The smallest absolute Gasteiger partial charge is 0.306 e. The second kappa shape index (κ2) is 51.3. The molecule has 0 heterocycles. The van der Waals surface area contributed by atoms with Gasteiger partial charge in [0, 0.05) is 19.3 Å². The van der Waals surface area contributed by atoms with E-state index in [1.165, 1.54) is 148 Å². The van der Waals surface area contributed by atoms with Crippen LogP contribution in [0.2, 0.25) is 0 Å². The highest BCUT2D eigenvalue weighted by Gasteiger charge is 2.19. The van der Waals surface area contributed by atoms with E-state index in [1.807, 2.05) is 0 Å². The molecule has 0 amide bonds. The highest BCUT2D eigenvalue weighted by Crippen LogP contribution is 2.16. The maximum Gasteiger partial charge on any atom is 0.306 e. The number of rotatable bonds is 49. The highest BCUT2D eigenvalue weighted by molar-refractivity contribution is 5.71. The van der Waals surface area contributed by atoms with Crippen molar-refractivity contribution in [1.29, 1.82) is 0 Å². The summed E-state index contributed by atoms with van der Waals surface area (Å²) in [5, 5.41) is 0. The van der Waals surface area contributed by atoms with E-state index in [4.69, 9.17) is 14.2 Å². The van der Waals surface area contributed by atoms with Crippen molar-refractivity contribution in [2.75, 3.05) is 13.2 Å². The third-order valence-corrected chi connectivity index (χ3v) is 11.9. The fraction of sp³-hybridized carbons (Fsp3) is 0.839. The van der Waals surface area contributed by atoms with Gasteiger partial charge in [-0.1, -0.05) is 250 Å². The molecule has 0 aromatic carbocycles. The Balaban J connectivity index is 4.34. The van der Waals surface area contributed by atoms with Crippen LogP contribution >= 0.6 is 0 Å². The predicted molar refractivity (Wildman–Crippen MR) is 266 cm³/mol. The summed E-state index contributed by atoms with van der Waals surface area (Å²) in [5.41, 5.74) is 0. The molecule has 362 valence electrons. The third-order valence-electron chi connectivity index (χ3n) is 11.9. The molecule has 1 atom stereocenters. The molecule has 0 aliphatic heterocycles. The topological polar surface area (TPSA) is 78.9 Å². The van der Waals surface area contributed by atoms with Crippen molar-refractivity contribution in [1.82, 2.24) is 0 Å². The van der Waals surface area contributed by atoms with Crippen molar-refractivity contribution in [2.24, 2.45) is 0 Å². The number of hydrogen-bond acceptors (Lipinski definition) is 6. The highest BCUT2D eigenvalue weighted by atomic mass is 16.6. The zero-order chi connectivity index (χ0) is 45.1. The van der Waals surface area contributed by atoms with Crippen LogP contribution in [0.25, 0.3) is 0 Å². The summed E-state index contributed by atoms with van der Waals surface area (Å²) in [5.74, 6) is -0.877. The summed E-state index contributed by atoms with van der Waals surface area (Å²) in [7, 11) is 0. The maximum absolute atomic E-state index is 12.8. The fourth-order valence-electron chi connectivity index (χ4n) is 7.87. The summed E-state index contributed by atoms with van der Waals surface area (Å²) in [4.78, 5) is 38.0. The van der Waals surface area contributed by atoms with Gasteiger partial charge in [0.05, 0.1) is 0 Å². The zero-order valence-corrected chi connectivity index (χ0v) is 41.4. The summed E-state index contributed by atoms with van der Waals surface area (Å²) >= 11 is 0. The minimum absolute atomic E-state index is 0.0748. The van der Waals surface area contributed by atoms with Crippen molar-refractivity contribution in [3.63, 3.8) is 0 Å². The Kier molecular flexibility index (Phi) is 49.3. The SMILES string of the molecule is CC/C=C\C/C=C\C/C=C\CCCCCCCC(=O)O[C@@H](COC(=O)CCCCCCCCCCCCCC)COC(=O)CCCCCCCCCCCCCCCCCCC. The standard InChI is InChI=1S/C56H102O6/c1-4-7-10-13-16-19-22-25-27-28-30-31-34-37-40-43-46-49-55(58)61-52-53(51-60-54(57)48-45-42-39-36-33-24-21-18-15-12-9-6-3)62-56(59)50-47-44-41-38-35-32-29-26-23-20-17-14-11-8-5-2/h8,11,17,20,26,29,53H,4-7,9-10,12-16,18-19,21-25,27-28,30-52H2,1-3H3/b11-8-,20-17-,29-26-/t53-/m0/s1. The second-order valence-electron chi connectivity index (χ2n) is 18.1. The minimum Gasteiger partial charge on any atom is -0.462 e. The van der Waals surface area contributed by atoms with Crippen LogP contribution in [-0.2, 0) is 28.6 Å². The van der Waals surface area contributed by atoms with Gasteiger partial charge in [-0.3, -0.25) is 14.4 Å². The number of esters is 3. The quantitative estimate of drug-likeness (QED) is 0.0262. The number of ether oxygens (including phenoxy) is 3. The molecule has 0 saturated carbocycles. The third kappa shape index (κ3) is 48.7. The Hall–Kier alpha value is -2.37. The van der Waals surface area contributed by atoms with Crippen LogP contribution in [0, 0.1) is 0 Å². The second-order valence-corrected chi connectivity index (χ2v) is 18.1. The van der Waals surface area contributed by atoms with Gasteiger partial charge in [0.1, 0.15) is 13.2 Å². The van der Waals surface area contributed by atoms with Crippen molar-refractivity contribution < 1.29 is 28.6 Å². The molecule has 6 heteroatoms. The normalized spacial score (nSPS) is 12.2. The first-order chi connectivity index (χ1) is 30.5. The molecule has 6 nitrogen and oxygen atoms in total. The van der Waals surface area contributed by atoms with Gasteiger partial charge in [0.25, 0.3) is 0 Å². The van der Waals surface area contributed by atoms with E-state index in [0.717, 1.165) is 96.3 Å². The van der Waals surface area contributed by atoms with E-state index < -0.39 is 6.10 Å². The van der Waals surface area contributed by atoms with Crippen molar-refractivity contribution in [2.45, 2.75) is 290 Å². The number of carbonyl (C=O) groups is 3. The van der Waals surface area contributed by atoms with Crippen molar-refractivity contribution in [3.05, 3.63) is 36.5 Å². The van der Waals surface area contributed by atoms with Gasteiger partial charge < -0.3 is 14.2 Å². The summed E-state index contributed by atoms with van der Waals surface area (Å²) in [6, 6.07) is 0. The summed E-state index contributed by atoms with van der Waals surface area (Å²) < 4.78 is 16.8. The minimum atomic E-state index is -0.776. The van der Waals surface area contributed by atoms with Gasteiger partial charge >= 0.3 is 17.9 Å². The Bertz CT molecular complexity index is 1050. The Morgan fingerprint density at radius 1 is 0.339 bits per heavy atom. The molecule has 0 radical (unpaired) electrons. The van der Waals surface area contributed by atoms with Crippen LogP contribution in [0.15, 0.2) is 36.5 Å². The molecule has 0 bridgehead atoms. The van der Waals surface area contributed by atoms with E-state index in [1.54, 1.807) is 0 Å². The maximum atomic E-state index is 12.8. The molecular formula is C56H102O6. The summed E-state index contributed by atoms with van der Waals surface area (Å²) in [6.45, 7) is 6.54. The Labute approximate surface area is 385 Å². The van der Waals surface area contributed by atoms with E-state index in [0.29, 0.717) is 19.3 Å². The first kappa shape index (κ1) is 59.6. The van der Waals surface area contributed by atoms with Crippen LogP contribution in [-0.4, -0.2) is 37.2 Å². The lowest BCUT2D eigenvalue weighted by molar-refractivity contribution is -0.167. The fourth-order valence-corrected chi connectivity index (χ4v) is 7.87. The number of hydrogen-bond donors (Lipinski definition) is 0. The average Bonchev–Trinajstić information content (AvgIpc) is 3.27.